The summed E-state index contributed by atoms with van der Waals surface area (Å²) in [4.78, 5) is 21.1. The van der Waals surface area contributed by atoms with Crippen molar-refractivity contribution in [1.82, 2.24) is 5.32 Å². The van der Waals surface area contributed by atoms with Gasteiger partial charge in [0.2, 0.25) is 5.91 Å². The number of carbonyl (C=O) groups is 1. The molecule has 11 heteroatoms. The van der Waals surface area contributed by atoms with Gasteiger partial charge in [-0.3, -0.25) is 4.79 Å². The summed E-state index contributed by atoms with van der Waals surface area (Å²) in [5.74, 6) is -0.0148. The second-order valence-electron chi connectivity index (χ2n) is 6.45. The molecule has 180 valence electrons. The highest BCUT2D eigenvalue weighted by Gasteiger charge is 2.10. The first-order chi connectivity index (χ1) is 14.5. The zero-order valence-electron chi connectivity index (χ0n) is 18.5. The molecule has 0 bridgehead atoms. The smallest absolute Gasteiger partial charge is 0.324 e. The van der Waals surface area contributed by atoms with Crippen LogP contribution in [0.25, 0.3) is 0 Å². The quantitative estimate of drug-likeness (QED) is 0.171. The van der Waals surface area contributed by atoms with Gasteiger partial charge >= 0.3 is 6.72 Å². The van der Waals surface area contributed by atoms with Gasteiger partial charge in [0.25, 0.3) is 0 Å². The maximum absolute atomic E-state index is 11.7. The van der Waals surface area contributed by atoms with E-state index >= 15 is 0 Å². The van der Waals surface area contributed by atoms with E-state index < -0.39 is 6.72 Å². The maximum atomic E-state index is 11.7. The number of unbranched alkanes of at least 4 members (excludes halogenated alkanes) is 3. The van der Waals surface area contributed by atoms with E-state index in [-0.39, 0.29) is 5.91 Å². The maximum Gasteiger partial charge on any atom is 0.324 e. The molecule has 30 heavy (non-hydrogen) atoms. The Balaban J connectivity index is 3.23. The first-order valence-electron chi connectivity index (χ1n) is 10.6. The van der Waals surface area contributed by atoms with Gasteiger partial charge in [0, 0.05) is 26.7 Å². The summed E-state index contributed by atoms with van der Waals surface area (Å²) < 4.78 is 31.2. The lowest BCUT2D eigenvalue weighted by molar-refractivity contribution is -0.122. The highest BCUT2D eigenvalue weighted by molar-refractivity contribution is 8.07. The van der Waals surface area contributed by atoms with Crippen LogP contribution >= 0.6 is 6.72 Å². The van der Waals surface area contributed by atoms with Crippen LogP contribution < -0.4 is 5.32 Å². The Hall–Kier alpha value is -0.160. The average molecular weight is 474 g/mol. The third-order valence-corrected chi connectivity index (χ3v) is 5.55. The third kappa shape index (κ3) is 22.5. The molecule has 0 aromatic heterocycles. The first-order valence-corrected chi connectivity index (χ1v) is 13.2. The summed E-state index contributed by atoms with van der Waals surface area (Å²) in [6.07, 6.45) is 4.95. The molecule has 0 aliphatic rings. The summed E-state index contributed by atoms with van der Waals surface area (Å²) in [5, 5.41) is 2.87. The van der Waals surface area contributed by atoms with Crippen LogP contribution in [-0.2, 0) is 44.6 Å². The van der Waals surface area contributed by atoms with Crippen molar-refractivity contribution in [3.05, 3.63) is 0 Å². The van der Waals surface area contributed by atoms with Gasteiger partial charge in [-0.2, -0.15) is 0 Å². The van der Waals surface area contributed by atoms with Gasteiger partial charge in [-0.15, -0.1) is 0 Å². The Labute approximate surface area is 186 Å². The minimum atomic E-state index is -3.03. The summed E-state index contributed by atoms with van der Waals surface area (Å²) >= 11 is 4.74. The Morgan fingerprint density at radius 1 is 0.833 bits per heavy atom. The fraction of sp³-hybridized carbons (Fsp3) is 0.947. The minimum absolute atomic E-state index is 0.0148. The zero-order chi connectivity index (χ0) is 22.3. The number of hydrogen-bond acceptors (Lipinski definition) is 8. The highest BCUT2D eigenvalue weighted by Crippen LogP contribution is 2.42. The molecule has 0 aromatic rings. The molecular formula is C19H40NO8PS. The first kappa shape index (κ1) is 29.8. The largest absolute Gasteiger partial charge is 0.379 e. The monoisotopic (exact) mass is 473 g/mol. The van der Waals surface area contributed by atoms with Crippen LogP contribution in [0.5, 0.6) is 0 Å². The molecule has 9 nitrogen and oxygen atoms in total. The molecule has 0 fully saturated rings. The van der Waals surface area contributed by atoms with Crippen molar-refractivity contribution in [2.45, 2.75) is 45.4 Å². The van der Waals surface area contributed by atoms with E-state index in [1.807, 2.05) is 0 Å². The van der Waals surface area contributed by atoms with Gasteiger partial charge in [-0.05, 0) is 31.1 Å². The van der Waals surface area contributed by atoms with Gasteiger partial charge in [0.1, 0.15) is 0 Å². The molecule has 0 saturated heterocycles. The van der Waals surface area contributed by atoms with E-state index in [4.69, 9.17) is 35.3 Å². The Morgan fingerprint density at radius 3 is 1.93 bits per heavy atom. The zero-order valence-corrected chi connectivity index (χ0v) is 20.2. The summed E-state index contributed by atoms with van der Waals surface area (Å²) in [6, 6.07) is 0. The van der Waals surface area contributed by atoms with Gasteiger partial charge in [-0.1, -0.05) is 19.8 Å². The van der Waals surface area contributed by atoms with Crippen LogP contribution in [0.1, 0.15) is 45.4 Å². The lowest BCUT2D eigenvalue weighted by atomic mass is 10.2. The molecule has 0 radical (unpaired) electrons. The number of carbonyl (C=O) groups excluding carboxylic acids is 1. The van der Waals surface area contributed by atoms with Gasteiger partial charge in [0.05, 0.1) is 52.9 Å². The lowest BCUT2D eigenvalue weighted by Crippen LogP contribution is -2.25. The number of hydrogen-bond donors (Lipinski definition) is 2. The number of ether oxygens (including phenoxy) is 4. The van der Waals surface area contributed by atoms with Crippen molar-refractivity contribution in [3.8, 4) is 0 Å². The van der Waals surface area contributed by atoms with Crippen LogP contribution in [-0.4, -0.2) is 83.9 Å². The molecule has 0 saturated carbocycles. The fourth-order valence-electron chi connectivity index (χ4n) is 2.20. The summed E-state index contributed by atoms with van der Waals surface area (Å²) in [5.41, 5.74) is 0. The van der Waals surface area contributed by atoms with Crippen molar-refractivity contribution in [2.24, 2.45) is 0 Å². The minimum Gasteiger partial charge on any atom is -0.379 e. The second-order valence-corrected chi connectivity index (χ2v) is 9.39. The van der Waals surface area contributed by atoms with Gasteiger partial charge < -0.3 is 38.2 Å². The topological polar surface area (TPSA) is 105 Å². The highest BCUT2D eigenvalue weighted by atomic mass is 32.5. The van der Waals surface area contributed by atoms with E-state index in [0.29, 0.717) is 65.8 Å². The van der Waals surface area contributed by atoms with Crippen molar-refractivity contribution in [2.75, 3.05) is 73.1 Å². The van der Waals surface area contributed by atoms with Crippen molar-refractivity contribution in [3.63, 3.8) is 0 Å². The van der Waals surface area contributed by atoms with E-state index in [2.05, 4.69) is 16.8 Å². The Bertz CT molecular complexity index is 445. The molecule has 2 N–H and O–H groups in total. The average Bonchev–Trinajstić information content (AvgIpc) is 2.73. The fourth-order valence-corrected chi connectivity index (χ4v) is 2.89. The van der Waals surface area contributed by atoms with Crippen LogP contribution in [0.2, 0.25) is 0 Å². The number of rotatable bonds is 23. The summed E-state index contributed by atoms with van der Waals surface area (Å²) in [7, 11) is 1.34. The third-order valence-electron chi connectivity index (χ3n) is 3.82. The van der Waals surface area contributed by atoms with Crippen LogP contribution in [0.15, 0.2) is 0 Å². The predicted octanol–water partition coefficient (Wildman–Crippen LogP) is 2.41. The number of amides is 1. The molecule has 0 heterocycles. The van der Waals surface area contributed by atoms with E-state index in [1.54, 1.807) is 0 Å². The molecule has 0 spiro atoms. The molecule has 1 amide bonds. The van der Waals surface area contributed by atoms with Gasteiger partial charge in [0.15, 0.2) is 0 Å². The lowest BCUT2D eigenvalue weighted by Gasteiger charge is -2.12. The summed E-state index contributed by atoms with van der Waals surface area (Å²) in [6.45, 7) is 4.41. The molecule has 0 rings (SSSR count). The standard InChI is InChI=1S/C19H40NO8PS/c1-3-10-24-13-15-26-17-18-27-16-14-25-12-8-19(21)20-9-6-4-5-7-11-28-29(22,30)23-2/h3-18H2,1-2H3,(H,20,21)(H,22,30). The van der Waals surface area contributed by atoms with Gasteiger partial charge in [-0.25, -0.2) is 0 Å². The molecule has 1 atom stereocenters. The molecule has 1 unspecified atom stereocenters. The van der Waals surface area contributed by atoms with Crippen molar-refractivity contribution < 1.29 is 37.7 Å². The molecule has 0 aliphatic carbocycles. The van der Waals surface area contributed by atoms with Crippen LogP contribution in [0.4, 0.5) is 0 Å². The van der Waals surface area contributed by atoms with E-state index in [0.717, 1.165) is 38.7 Å². The van der Waals surface area contributed by atoms with Crippen LogP contribution in [0.3, 0.4) is 0 Å². The van der Waals surface area contributed by atoms with Crippen molar-refractivity contribution in [1.29, 1.82) is 0 Å². The van der Waals surface area contributed by atoms with E-state index in [1.165, 1.54) is 7.11 Å². The van der Waals surface area contributed by atoms with E-state index in [9.17, 15) is 9.69 Å². The molecule has 0 aliphatic heterocycles. The number of nitrogens with one attached hydrogen (secondary N) is 1. The normalized spacial score (nSPS) is 13.3. The molecule has 0 aromatic carbocycles. The Morgan fingerprint density at radius 2 is 1.37 bits per heavy atom. The second kappa shape index (κ2) is 22.0. The SMILES string of the molecule is CCCOCCOCCOCCOCCC(=O)NCCCCCCOP(O)(=S)OC. The predicted molar refractivity (Wildman–Crippen MR) is 119 cm³/mol. The Kier molecular flexibility index (Phi) is 21.9. The van der Waals surface area contributed by atoms with Crippen molar-refractivity contribution >= 4 is 24.4 Å². The van der Waals surface area contributed by atoms with Crippen LogP contribution in [0, 0.1) is 0 Å². The molecular weight excluding hydrogens is 433 g/mol.